The molecule has 6 fully saturated rings. The van der Waals surface area contributed by atoms with Crippen LogP contribution in [0.5, 0.6) is 0 Å². The summed E-state index contributed by atoms with van der Waals surface area (Å²) >= 11 is 0. The Morgan fingerprint density at radius 2 is 1.28 bits per heavy atom. The Hall–Kier alpha value is -1.35. The van der Waals surface area contributed by atoms with Crippen LogP contribution < -0.4 is 0 Å². The second-order valence-corrected chi connectivity index (χ2v) is 10.1. The molecule has 0 aromatic rings. The molecular weight excluding hydrogens is 308 g/mol. The van der Waals surface area contributed by atoms with E-state index in [0.29, 0.717) is 5.78 Å². The molecule has 6 rings (SSSR count). The van der Waals surface area contributed by atoms with E-state index in [4.69, 9.17) is 0 Å². The third-order valence-electron chi connectivity index (χ3n) is 8.86. The molecule has 4 bridgehead atoms. The molecule has 0 radical (unpaired) electrons. The first-order valence-electron chi connectivity index (χ1n) is 10.5. The highest BCUT2D eigenvalue weighted by Gasteiger charge is 2.81. The number of ketones is 1. The summed E-state index contributed by atoms with van der Waals surface area (Å²) in [6, 6.07) is 4.74. The van der Waals surface area contributed by atoms with Gasteiger partial charge in [-0.2, -0.15) is 10.5 Å². The number of rotatable bonds is 2. The number of carbonyl (C=O) groups is 1. The summed E-state index contributed by atoms with van der Waals surface area (Å²) in [6.45, 7) is 0. The lowest BCUT2D eigenvalue weighted by molar-refractivity contribution is -0.146. The summed E-state index contributed by atoms with van der Waals surface area (Å²) in [5.74, 6) is 2.26. The molecule has 6 aliphatic carbocycles. The van der Waals surface area contributed by atoms with Crippen molar-refractivity contribution in [3.05, 3.63) is 0 Å². The largest absolute Gasteiger partial charge is 0.299 e. The van der Waals surface area contributed by atoms with Crippen LogP contribution in [0.25, 0.3) is 0 Å². The predicted octanol–water partition coefficient (Wildman–Crippen LogP) is 4.78. The van der Waals surface area contributed by atoms with E-state index in [1.807, 2.05) is 0 Å². The van der Waals surface area contributed by atoms with Gasteiger partial charge in [0.25, 0.3) is 0 Å². The van der Waals surface area contributed by atoms with Crippen molar-refractivity contribution in [2.24, 2.45) is 39.9 Å². The maximum absolute atomic E-state index is 13.9. The first-order valence-corrected chi connectivity index (χ1v) is 10.5. The van der Waals surface area contributed by atoms with Gasteiger partial charge >= 0.3 is 0 Å². The highest BCUT2D eigenvalue weighted by atomic mass is 16.1. The molecule has 0 N–H and O–H groups in total. The van der Waals surface area contributed by atoms with E-state index in [9.17, 15) is 15.3 Å². The zero-order valence-corrected chi connectivity index (χ0v) is 15.1. The first-order chi connectivity index (χ1) is 12.1. The maximum atomic E-state index is 13.9. The molecule has 6 aliphatic rings. The van der Waals surface area contributed by atoms with Crippen LogP contribution in [0.2, 0.25) is 0 Å². The van der Waals surface area contributed by atoms with Crippen LogP contribution in [0.3, 0.4) is 0 Å². The van der Waals surface area contributed by atoms with E-state index in [0.717, 1.165) is 62.7 Å². The minimum absolute atomic E-state index is 0.172. The van der Waals surface area contributed by atoms with Gasteiger partial charge in [-0.1, -0.05) is 25.7 Å². The minimum Gasteiger partial charge on any atom is -0.299 e. The van der Waals surface area contributed by atoms with Crippen molar-refractivity contribution in [3.8, 4) is 12.1 Å². The van der Waals surface area contributed by atoms with E-state index in [-0.39, 0.29) is 16.7 Å². The Bertz CT molecular complexity index is 637. The smallest absolute Gasteiger partial charge is 0.160 e. The van der Waals surface area contributed by atoms with Gasteiger partial charge in [0, 0.05) is 10.8 Å². The summed E-state index contributed by atoms with van der Waals surface area (Å²) in [4.78, 5) is 13.9. The van der Waals surface area contributed by atoms with Crippen molar-refractivity contribution < 1.29 is 4.79 Å². The van der Waals surface area contributed by atoms with Crippen LogP contribution in [-0.4, -0.2) is 5.78 Å². The number of carbonyl (C=O) groups excluding carboxylic acids is 1. The Labute approximate surface area is 150 Å². The molecule has 3 heteroatoms. The average Bonchev–Trinajstić information content (AvgIpc) is 3.25. The Kier molecular flexibility index (Phi) is 3.23. The Balaban J connectivity index is 1.51. The van der Waals surface area contributed by atoms with Gasteiger partial charge in [0.1, 0.15) is 5.78 Å². The second-order valence-electron chi connectivity index (χ2n) is 10.1. The topological polar surface area (TPSA) is 64.7 Å². The second kappa shape index (κ2) is 5.09. The van der Waals surface area contributed by atoms with Crippen LogP contribution in [0.15, 0.2) is 0 Å². The molecule has 6 saturated carbocycles. The van der Waals surface area contributed by atoms with Crippen LogP contribution >= 0.6 is 0 Å². The fourth-order valence-corrected chi connectivity index (χ4v) is 8.18. The molecule has 0 heterocycles. The van der Waals surface area contributed by atoms with Crippen molar-refractivity contribution in [2.45, 2.75) is 77.0 Å². The molecule has 0 aliphatic heterocycles. The van der Waals surface area contributed by atoms with Crippen LogP contribution in [0.1, 0.15) is 77.0 Å². The molecule has 25 heavy (non-hydrogen) atoms. The van der Waals surface area contributed by atoms with Crippen LogP contribution in [0.4, 0.5) is 0 Å². The standard InChI is InChI=1S/C22H28N2O/c23-13-22(14-24)18(21(22)5-3-1-2-4-6-21)19(25)20-10-15-7-16(11-20)9-17(8-15)12-20/h15-18H,1-12H2/t15?,16?,17?,18-,20?/m0/s1. The van der Waals surface area contributed by atoms with E-state index in [1.165, 1.54) is 32.1 Å². The molecular formula is C22H28N2O. The number of Topliss-reactive ketones (excluding diaryl/α,β-unsaturated/α-hetero) is 1. The highest BCUT2D eigenvalue weighted by molar-refractivity contribution is 5.93. The molecule has 1 atom stereocenters. The number of hydrogen-bond donors (Lipinski definition) is 0. The molecule has 1 spiro atoms. The normalized spacial score (nSPS) is 45.4. The lowest BCUT2D eigenvalue weighted by atomic mass is 9.48. The Morgan fingerprint density at radius 1 is 0.800 bits per heavy atom. The van der Waals surface area contributed by atoms with Gasteiger partial charge in [0.05, 0.1) is 18.1 Å². The summed E-state index contributed by atoms with van der Waals surface area (Å²) in [7, 11) is 0. The number of nitrogens with zero attached hydrogens (tertiary/aromatic N) is 2. The van der Waals surface area contributed by atoms with Gasteiger partial charge < -0.3 is 0 Å². The minimum atomic E-state index is -1.02. The van der Waals surface area contributed by atoms with Gasteiger partial charge in [0.2, 0.25) is 0 Å². The van der Waals surface area contributed by atoms with Gasteiger partial charge in [-0.25, -0.2) is 0 Å². The Morgan fingerprint density at radius 3 is 1.72 bits per heavy atom. The number of hydrogen-bond acceptors (Lipinski definition) is 3. The molecule has 132 valence electrons. The van der Waals surface area contributed by atoms with Crippen molar-refractivity contribution in [3.63, 3.8) is 0 Å². The molecule has 3 nitrogen and oxygen atoms in total. The van der Waals surface area contributed by atoms with Gasteiger partial charge in [0.15, 0.2) is 5.41 Å². The monoisotopic (exact) mass is 336 g/mol. The highest BCUT2D eigenvalue weighted by Crippen LogP contribution is 2.77. The zero-order valence-electron chi connectivity index (χ0n) is 15.1. The van der Waals surface area contributed by atoms with Crippen molar-refractivity contribution in [1.29, 1.82) is 10.5 Å². The van der Waals surface area contributed by atoms with Gasteiger partial charge in [-0.3, -0.25) is 4.79 Å². The fraction of sp³-hybridized carbons (Fsp3) is 0.864. The molecule has 0 aromatic carbocycles. The predicted molar refractivity (Wildman–Crippen MR) is 92.9 cm³/mol. The summed E-state index contributed by atoms with van der Waals surface area (Å²) < 4.78 is 0. The molecule has 0 aromatic heterocycles. The van der Waals surface area contributed by atoms with Crippen molar-refractivity contribution in [1.82, 2.24) is 0 Å². The van der Waals surface area contributed by atoms with Crippen LogP contribution in [-0.2, 0) is 4.79 Å². The molecule has 0 saturated heterocycles. The van der Waals surface area contributed by atoms with Crippen LogP contribution in [0, 0.1) is 62.6 Å². The first kappa shape index (κ1) is 15.9. The quantitative estimate of drug-likeness (QED) is 0.729. The van der Waals surface area contributed by atoms with E-state index in [2.05, 4.69) is 12.1 Å². The van der Waals surface area contributed by atoms with E-state index < -0.39 is 5.41 Å². The third kappa shape index (κ3) is 1.88. The summed E-state index contributed by atoms with van der Waals surface area (Å²) in [5, 5.41) is 19.9. The summed E-state index contributed by atoms with van der Waals surface area (Å²) in [6.07, 6.45) is 13.5. The average molecular weight is 336 g/mol. The number of nitriles is 2. The van der Waals surface area contributed by atoms with E-state index in [1.54, 1.807) is 0 Å². The molecule has 0 unspecified atom stereocenters. The lowest BCUT2D eigenvalue weighted by Crippen LogP contribution is -2.51. The van der Waals surface area contributed by atoms with Crippen molar-refractivity contribution >= 4 is 5.78 Å². The summed E-state index contributed by atoms with van der Waals surface area (Å²) in [5.41, 5.74) is -1.50. The zero-order chi connectivity index (χ0) is 17.3. The van der Waals surface area contributed by atoms with Gasteiger partial charge in [-0.05, 0) is 69.1 Å². The SMILES string of the molecule is N#CC1(C#N)[C@@H](C(=O)C23CC4CC(CC(C4)C2)C3)C12CCCCCC2. The lowest BCUT2D eigenvalue weighted by Gasteiger charge is -2.56. The van der Waals surface area contributed by atoms with Gasteiger partial charge in [-0.15, -0.1) is 0 Å². The van der Waals surface area contributed by atoms with Crippen molar-refractivity contribution in [2.75, 3.05) is 0 Å². The molecule has 0 amide bonds. The fourth-order valence-electron chi connectivity index (χ4n) is 8.18. The maximum Gasteiger partial charge on any atom is 0.160 e. The van der Waals surface area contributed by atoms with E-state index >= 15 is 0 Å². The third-order valence-corrected chi connectivity index (χ3v) is 8.86.